The zero-order chi connectivity index (χ0) is 20.9. The highest BCUT2D eigenvalue weighted by Crippen LogP contribution is 2.16. The maximum atomic E-state index is 13.0. The highest BCUT2D eigenvalue weighted by molar-refractivity contribution is 5.97. The Kier molecular flexibility index (Phi) is 5.57. The Morgan fingerprint density at radius 3 is 2.23 bits per heavy atom. The molecule has 4 aromatic rings. The molecule has 1 aromatic heterocycles. The van der Waals surface area contributed by atoms with Crippen LogP contribution in [-0.2, 0) is 18.4 Å². The lowest BCUT2D eigenvalue weighted by Gasteiger charge is -2.19. The highest BCUT2D eigenvalue weighted by atomic mass is 16.2. The van der Waals surface area contributed by atoms with E-state index >= 15 is 0 Å². The number of hydrogen-bond donors (Lipinski definition) is 2. The number of aromatic nitrogens is 2. The minimum absolute atomic E-state index is 0.258. The van der Waals surface area contributed by atoms with Gasteiger partial charge < -0.3 is 15.2 Å². The van der Waals surface area contributed by atoms with E-state index in [4.69, 9.17) is 0 Å². The second-order valence-corrected chi connectivity index (χ2v) is 6.98. The Morgan fingerprint density at radius 1 is 0.900 bits per heavy atom. The standard InChI is InChI=1S/C24H22N4O2/c1-28-20-15-9-8-14-19(20)26-21(28)16-25-24(30)22(17-10-4-2-5-11-17)27-23(29)18-12-6-3-7-13-18/h2-15,22H,16H2,1H3,(H,25,30)(H,27,29). The van der Waals surface area contributed by atoms with Crippen molar-refractivity contribution in [1.82, 2.24) is 20.2 Å². The highest BCUT2D eigenvalue weighted by Gasteiger charge is 2.23. The summed E-state index contributed by atoms with van der Waals surface area (Å²) in [7, 11) is 1.92. The van der Waals surface area contributed by atoms with Crippen molar-refractivity contribution in [3.05, 3.63) is 102 Å². The average molecular weight is 398 g/mol. The molecule has 6 nitrogen and oxygen atoms in total. The van der Waals surface area contributed by atoms with Crippen molar-refractivity contribution in [1.29, 1.82) is 0 Å². The van der Waals surface area contributed by atoms with Crippen LogP contribution in [0.4, 0.5) is 0 Å². The second-order valence-electron chi connectivity index (χ2n) is 6.98. The molecule has 0 aliphatic carbocycles. The first-order valence-corrected chi connectivity index (χ1v) is 9.72. The number of carbonyl (C=O) groups excluding carboxylic acids is 2. The van der Waals surface area contributed by atoms with E-state index in [9.17, 15) is 9.59 Å². The molecule has 1 heterocycles. The lowest BCUT2D eigenvalue weighted by atomic mass is 10.1. The summed E-state index contributed by atoms with van der Waals surface area (Å²) in [6, 6.07) is 25.1. The Balaban J connectivity index is 1.53. The van der Waals surface area contributed by atoms with Crippen molar-refractivity contribution in [3.8, 4) is 0 Å². The minimum Gasteiger partial charge on any atom is -0.347 e. The first-order valence-electron chi connectivity index (χ1n) is 9.72. The van der Waals surface area contributed by atoms with Gasteiger partial charge in [0.1, 0.15) is 11.9 Å². The molecule has 3 aromatic carbocycles. The predicted octanol–water partition coefficient (Wildman–Crippen LogP) is 3.36. The summed E-state index contributed by atoms with van der Waals surface area (Å²) in [5.74, 6) is 0.144. The van der Waals surface area contributed by atoms with Crippen LogP contribution in [0.5, 0.6) is 0 Å². The fraction of sp³-hybridized carbons (Fsp3) is 0.125. The Bertz CT molecular complexity index is 1170. The Morgan fingerprint density at radius 2 is 1.53 bits per heavy atom. The largest absolute Gasteiger partial charge is 0.347 e. The molecule has 0 fully saturated rings. The molecule has 0 saturated heterocycles. The second kappa shape index (κ2) is 8.61. The maximum absolute atomic E-state index is 13.0. The molecule has 30 heavy (non-hydrogen) atoms. The number of carbonyl (C=O) groups is 2. The van der Waals surface area contributed by atoms with E-state index in [1.54, 1.807) is 24.3 Å². The van der Waals surface area contributed by atoms with Crippen LogP contribution in [0.3, 0.4) is 0 Å². The monoisotopic (exact) mass is 398 g/mol. The number of benzene rings is 3. The van der Waals surface area contributed by atoms with Crippen LogP contribution in [0.1, 0.15) is 27.8 Å². The van der Waals surface area contributed by atoms with Crippen LogP contribution in [0.25, 0.3) is 11.0 Å². The van der Waals surface area contributed by atoms with Crippen LogP contribution in [-0.4, -0.2) is 21.4 Å². The van der Waals surface area contributed by atoms with Crippen molar-refractivity contribution < 1.29 is 9.59 Å². The van der Waals surface area contributed by atoms with E-state index in [1.807, 2.05) is 72.3 Å². The van der Waals surface area contributed by atoms with E-state index in [2.05, 4.69) is 15.6 Å². The molecule has 0 bridgehead atoms. The van der Waals surface area contributed by atoms with Crippen LogP contribution >= 0.6 is 0 Å². The van der Waals surface area contributed by atoms with Gasteiger partial charge in [-0.05, 0) is 29.8 Å². The molecule has 1 unspecified atom stereocenters. The fourth-order valence-corrected chi connectivity index (χ4v) is 3.37. The summed E-state index contributed by atoms with van der Waals surface area (Å²) < 4.78 is 1.95. The predicted molar refractivity (Wildman–Crippen MR) is 116 cm³/mol. The van der Waals surface area contributed by atoms with Gasteiger partial charge in [-0.15, -0.1) is 0 Å². The van der Waals surface area contributed by atoms with Crippen LogP contribution in [0, 0.1) is 0 Å². The molecule has 0 aliphatic heterocycles. The number of nitrogens with zero attached hydrogens (tertiary/aromatic N) is 2. The third kappa shape index (κ3) is 4.07. The number of amides is 2. The van der Waals surface area contributed by atoms with Crippen molar-refractivity contribution >= 4 is 22.8 Å². The maximum Gasteiger partial charge on any atom is 0.252 e. The summed E-state index contributed by atoms with van der Waals surface area (Å²) in [6.07, 6.45) is 0. The summed E-state index contributed by atoms with van der Waals surface area (Å²) >= 11 is 0. The zero-order valence-corrected chi connectivity index (χ0v) is 16.6. The number of aryl methyl sites for hydroxylation is 1. The molecule has 0 aliphatic rings. The molecule has 4 rings (SSSR count). The molecule has 2 amide bonds. The molecule has 2 N–H and O–H groups in total. The molecule has 1 atom stereocenters. The third-order valence-electron chi connectivity index (χ3n) is 5.01. The number of hydrogen-bond acceptors (Lipinski definition) is 3. The normalized spacial score (nSPS) is 11.8. The van der Waals surface area contributed by atoms with E-state index in [-0.39, 0.29) is 18.4 Å². The van der Waals surface area contributed by atoms with Gasteiger partial charge in [-0.2, -0.15) is 0 Å². The van der Waals surface area contributed by atoms with Crippen LogP contribution in [0.2, 0.25) is 0 Å². The van der Waals surface area contributed by atoms with Gasteiger partial charge in [0.2, 0.25) is 5.91 Å². The molecular formula is C24H22N4O2. The molecule has 0 spiro atoms. The first kappa shape index (κ1) is 19.4. The zero-order valence-electron chi connectivity index (χ0n) is 16.6. The van der Waals surface area contributed by atoms with Gasteiger partial charge in [-0.1, -0.05) is 60.7 Å². The molecular weight excluding hydrogens is 376 g/mol. The van der Waals surface area contributed by atoms with Gasteiger partial charge in [-0.25, -0.2) is 4.98 Å². The van der Waals surface area contributed by atoms with Gasteiger partial charge in [0.05, 0.1) is 17.6 Å². The molecule has 0 radical (unpaired) electrons. The third-order valence-corrected chi connectivity index (χ3v) is 5.01. The SMILES string of the molecule is Cn1c(CNC(=O)C(NC(=O)c2ccccc2)c2ccccc2)nc2ccccc21. The van der Waals surface area contributed by atoms with Crippen LogP contribution in [0.15, 0.2) is 84.9 Å². The van der Waals surface area contributed by atoms with Gasteiger partial charge in [0, 0.05) is 12.6 Å². The molecule has 0 saturated carbocycles. The van der Waals surface area contributed by atoms with Crippen molar-refractivity contribution in [2.45, 2.75) is 12.6 Å². The van der Waals surface area contributed by atoms with Crippen molar-refractivity contribution in [2.75, 3.05) is 0 Å². The minimum atomic E-state index is -0.811. The molecule has 150 valence electrons. The molecule has 6 heteroatoms. The average Bonchev–Trinajstić information content (AvgIpc) is 3.12. The lowest BCUT2D eigenvalue weighted by Crippen LogP contribution is -2.40. The summed E-state index contributed by atoms with van der Waals surface area (Å²) in [6.45, 7) is 0.258. The van der Waals surface area contributed by atoms with Gasteiger partial charge in [0.25, 0.3) is 5.91 Å². The number of imidazole rings is 1. The quantitative estimate of drug-likeness (QED) is 0.523. The van der Waals surface area contributed by atoms with Gasteiger partial charge in [0.15, 0.2) is 0 Å². The summed E-state index contributed by atoms with van der Waals surface area (Å²) in [5.41, 5.74) is 3.09. The number of nitrogens with one attached hydrogen (secondary N) is 2. The summed E-state index contributed by atoms with van der Waals surface area (Å²) in [4.78, 5) is 30.3. The smallest absolute Gasteiger partial charge is 0.252 e. The number of para-hydroxylation sites is 2. The van der Waals surface area contributed by atoms with Crippen LogP contribution < -0.4 is 10.6 Å². The van der Waals surface area contributed by atoms with Crippen molar-refractivity contribution in [3.63, 3.8) is 0 Å². The number of fused-ring (bicyclic) bond motifs is 1. The Labute approximate surface area is 174 Å². The Hall–Kier alpha value is -3.93. The van der Waals surface area contributed by atoms with Crippen molar-refractivity contribution in [2.24, 2.45) is 7.05 Å². The topological polar surface area (TPSA) is 76.0 Å². The van der Waals surface area contributed by atoms with E-state index < -0.39 is 6.04 Å². The lowest BCUT2D eigenvalue weighted by molar-refractivity contribution is -0.123. The first-order chi connectivity index (χ1) is 14.6. The number of rotatable bonds is 6. The van der Waals surface area contributed by atoms with E-state index in [0.29, 0.717) is 11.1 Å². The van der Waals surface area contributed by atoms with Gasteiger partial charge >= 0.3 is 0 Å². The fourth-order valence-electron chi connectivity index (χ4n) is 3.37. The van der Waals surface area contributed by atoms with E-state index in [1.165, 1.54) is 0 Å². The summed E-state index contributed by atoms with van der Waals surface area (Å²) in [5, 5.41) is 5.77. The van der Waals surface area contributed by atoms with E-state index in [0.717, 1.165) is 16.9 Å². The van der Waals surface area contributed by atoms with Gasteiger partial charge in [-0.3, -0.25) is 9.59 Å².